The molecule has 6 atom stereocenters. The van der Waals surface area contributed by atoms with Crippen LogP contribution >= 0.6 is 23.5 Å². The van der Waals surface area contributed by atoms with Crippen molar-refractivity contribution in [3.05, 3.63) is 100 Å². The average Bonchev–Trinajstić information content (AvgIpc) is 1.53. The van der Waals surface area contributed by atoms with Gasteiger partial charge in [0, 0.05) is 61.2 Å². The van der Waals surface area contributed by atoms with Gasteiger partial charge in [0.15, 0.2) is 58.3 Å². The van der Waals surface area contributed by atoms with Crippen LogP contribution in [0.5, 0.6) is 11.8 Å². The number of fused-ring (bicyclic) bond motifs is 2. The molecule has 4 amide bonds. The minimum absolute atomic E-state index is 0.00417. The molecule has 0 spiro atoms. The number of ketones is 1. The highest BCUT2D eigenvalue weighted by Crippen LogP contribution is 2.68. The summed E-state index contributed by atoms with van der Waals surface area (Å²) in [6.07, 6.45) is 13.1. The summed E-state index contributed by atoms with van der Waals surface area (Å²) in [5.74, 6) is -2.55. The number of hydrogen-bond acceptors (Lipinski definition) is 22. The SMILES string of the molecule is C#CCOc1cnc(C(=O)Cc2cc(F)c(F)c([C@@]3(C)N=C(N)S[C@@]4(C(=O)N5CCOCC5)C[C@H]43)c2)cn1.C#CCOc1cnc(C(=O)O)cn1.CC(C)(C)OC(=O)N(C(=O)OC(C)(C)C)C1=N[C@](C)(c2cc(N)cc(F)c2F)[C@@H]2C[C@]2(C(=O)N2CCOCC2)S1. The summed E-state index contributed by atoms with van der Waals surface area (Å²) in [5, 5.41) is 8.39. The maximum atomic E-state index is 15.4. The largest absolute Gasteiger partial charge is 0.476 e. The predicted molar refractivity (Wildman–Crippen MR) is 325 cm³/mol. The van der Waals surface area contributed by atoms with Crippen molar-refractivity contribution >= 4 is 75.3 Å². The fourth-order valence-corrected chi connectivity index (χ4v) is 13.8. The second-order valence-corrected chi connectivity index (χ2v) is 26.6. The summed E-state index contributed by atoms with van der Waals surface area (Å²) in [7, 11) is 0. The molecule has 484 valence electrons. The van der Waals surface area contributed by atoms with Crippen molar-refractivity contribution in [1.29, 1.82) is 0 Å². The highest BCUT2D eigenvalue weighted by molar-refractivity contribution is 8.16. The van der Waals surface area contributed by atoms with Crippen molar-refractivity contribution in [1.82, 2.24) is 34.6 Å². The Morgan fingerprint density at radius 3 is 1.57 bits per heavy atom. The van der Waals surface area contributed by atoms with E-state index in [1.54, 1.807) is 65.2 Å². The van der Waals surface area contributed by atoms with Crippen LogP contribution in [-0.2, 0) is 46.0 Å². The summed E-state index contributed by atoms with van der Waals surface area (Å²) in [6, 6.07) is 4.52. The molecule has 4 aromatic rings. The van der Waals surface area contributed by atoms with Gasteiger partial charge in [-0.1, -0.05) is 35.4 Å². The number of morpholine rings is 2. The lowest BCUT2D eigenvalue weighted by Gasteiger charge is -2.39. The molecule has 0 bridgehead atoms. The molecule has 4 aliphatic heterocycles. The molecule has 2 aliphatic carbocycles. The molecule has 24 nitrogen and oxygen atoms in total. The number of anilines is 1. The second kappa shape index (κ2) is 27.1. The maximum absolute atomic E-state index is 15.4. The Hall–Kier alpha value is -8.58. The zero-order valence-corrected chi connectivity index (χ0v) is 52.6. The van der Waals surface area contributed by atoms with Crippen LogP contribution in [0.4, 0.5) is 32.8 Å². The number of nitrogens with two attached hydrogens (primary N) is 2. The number of amides is 4. The number of aliphatic imine (C=N–C) groups is 2. The second-order valence-electron chi connectivity index (χ2n) is 23.9. The zero-order valence-electron chi connectivity index (χ0n) is 51.0. The highest BCUT2D eigenvalue weighted by Gasteiger charge is 2.73. The third kappa shape index (κ3) is 15.3. The summed E-state index contributed by atoms with van der Waals surface area (Å²) < 4.78 is 89.8. The summed E-state index contributed by atoms with van der Waals surface area (Å²) in [4.78, 5) is 106. The number of aromatic carboxylic acids is 1. The van der Waals surface area contributed by atoms with Gasteiger partial charge in [-0.15, -0.1) is 12.8 Å². The van der Waals surface area contributed by atoms with Gasteiger partial charge in [-0.25, -0.2) is 56.9 Å². The maximum Gasteiger partial charge on any atom is 0.426 e. The lowest BCUT2D eigenvalue weighted by atomic mass is 9.84. The van der Waals surface area contributed by atoms with Gasteiger partial charge >= 0.3 is 18.2 Å². The first-order chi connectivity index (χ1) is 42.8. The molecule has 0 unspecified atom stereocenters. The first-order valence-electron chi connectivity index (χ1n) is 28.4. The van der Waals surface area contributed by atoms with Crippen LogP contribution in [0.1, 0.15) is 106 Å². The molecule has 2 aromatic carbocycles. The van der Waals surface area contributed by atoms with Crippen LogP contribution in [0, 0.1) is 59.8 Å². The van der Waals surface area contributed by atoms with Gasteiger partial charge in [-0.05, 0) is 98.1 Å². The number of carboxylic acids is 1. The van der Waals surface area contributed by atoms with Crippen LogP contribution in [-0.4, -0.2) is 172 Å². The van der Waals surface area contributed by atoms with E-state index in [9.17, 15) is 37.5 Å². The third-order valence-electron chi connectivity index (χ3n) is 15.0. The van der Waals surface area contributed by atoms with Crippen LogP contribution in [0.3, 0.4) is 0 Å². The van der Waals surface area contributed by atoms with Crippen molar-refractivity contribution in [2.24, 2.45) is 27.6 Å². The van der Waals surface area contributed by atoms with Crippen LogP contribution < -0.4 is 20.9 Å². The van der Waals surface area contributed by atoms with E-state index in [1.165, 1.54) is 42.5 Å². The zero-order chi connectivity index (χ0) is 66.6. The van der Waals surface area contributed by atoms with E-state index in [1.807, 2.05) is 0 Å². The molecule has 2 saturated carbocycles. The number of ether oxygens (including phenoxy) is 6. The number of rotatable bonds is 12. The molecule has 4 fully saturated rings. The number of carboxylic acid groups (broad SMARTS) is 1. The van der Waals surface area contributed by atoms with E-state index in [4.69, 9.17) is 57.8 Å². The first kappa shape index (κ1) is 68.3. The van der Waals surface area contributed by atoms with Crippen LogP contribution in [0.25, 0.3) is 0 Å². The lowest BCUT2D eigenvalue weighted by molar-refractivity contribution is -0.136. The monoisotopic (exact) mass is 1300 g/mol. The number of thioether (sulfide) groups is 2. The molecular formula is C61H67F4N11O13S2. The van der Waals surface area contributed by atoms with Crippen LogP contribution in [0.15, 0.2) is 59.0 Å². The quantitative estimate of drug-likeness (QED) is 0.0560. The number of imide groups is 1. The third-order valence-corrected chi connectivity index (χ3v) is 17.8. The molecule has 6 aliphatic rings. The molecule has 91 heavy (non-hydrogen) atoms. The number of carbonyl (C=O) groups is 6. The van der Waals surface area contributed by atoms with Crippen molar-refractivity contribution < 1.29 is 79.9 Å². The number of benzene rings is 2. The summed E-state index contributed by atoms with van der Waals surface area (Å²) in [5.41, 5.74) is 7.06. The molecule has 2 saturated heterocycles. The molecule has 10 rings (SSSR count). The number of aromatic nitrogens is 4. The molecule has 0 radical (unpaired) electrons. The van der Waals surface area contributed by atoms with E-state index in [0.717, 1.165) is 30.1 Å². The first-order valence-corrected chi connectivity index (χ1v) is 30.0. The van der Waals surface area contributed by atoms with E-state index < -0.39 is 90.8 Å². The lowest BCUT2D eigenvalue weighted by Crippen LogP contribution is -2.53. The van der Waals surface area contributed by atoms with Gasteiger partial charge < -0.3 is 54.8 Å². The Labute approximate surface area is 530 Å². The number of amidine groups is 2. The standard InChI is InChI=1S/C27H36F2N4O6S.C26H25F2N5O4S.C8H6N2O3/c1-24(2,3)38-22(35)33(23(36)39-25(4,5)6)21-31-26(7,16-12-15(30)13-17(28)19(16)29)18-14-27(18,40-21)20(34)32-8-10-37-11-9-32;1-3-6-37-21-14-30-18(13-31-21)19(34)11-15-9-16(22(28)17(27)10-15)25(2)20-12-26(20,38-24(29)32-25)23(35)33-4-7-36-8-5-33;1-2-3-13-7-5-9-6(4-10-7)8(11)12/h12-13,18H,8-11,14,30H2,1-7H3;1,9-10,13-14,20H,4-8,11-12H2,2H3,(H2,29,32);1,4-5H,3H2,(H,11,12)/t18-,26+,27-;20-,25+,26-;/m00./s1. The molecular weight excluding hydrogens is 1230 g/mol. The number of halogens is 4. The topological polar surface area (TPSA) is 316 Å². The Morgan fingerprint density at radius 2 is 1.12 bits per heavy atom. The van der Waals surface area contributed by atoms with Gasteiger partial charge in [-0.2, -0.15) is 4.90 Å². The molecule has 30 heteroatoms. The van der Waals surface area contributed by atoms with E-state index in [0.29, 0.717) is 63.9 Å². The van der Waals surface area contributed by atoms with E-state index in [2.05, 4.69) is 41.8 Å². The normalized spacial score (nSPS) is 23.8. The van der Waals surface area contributed by atoms with Crippen LogP contribution in [0.2, 0.25) is 0 Å². The minimum atomic E-state index is -1.56. The Morgan fingerprint density at radius 1 is 0.670 bits per heavy atom. The molecule has 2 aromatic heterocycles. The van der Waals surface area contributed by atoms with Gasteiger partial charge in [0.25, 0.3) is 0 Å². The number of carbonyl (C=O) groups excluding carboxylic acids is 5. The van der Waals surface area contributed by atoms with Gasteiger partial charge in [0.2, 0.25) is 23.6 Å². The predicted octanol–water partition coefficient (Wildman–Crippen LogP) is 6.93. The Kier molecular flexibility index (Phi) is 20.3. The van der Waals surface area contributed by atoms with Gasteiger partial charge in [0.05, 0.1) is 62.3 Å². The number of terminal acetylenes is 2. The summed E-state index contributed by atoms with van der Waals surface area (Å²) in [6.45, 7) is 16.3. The fourth-order valence-electron chi connectivity index (χ4n) is 10.7. The van der Waals surface area contributed by atoms with Crippen molar-refractivity contribution in [3.8, 4) is 36.4 Å². The van der Waals surface area contributed by atoms with Crippen molar-refractivity contribution in [2.45, 2.75) is 106 Å². The Balaban J connectivity index is 0.000000196. The Bertz CT molecular complexity index is 3620. The fraction of sp³-hybridized carbons (Fsp3) is 0.475. The number of hydrogen-bond donors (Lipinski definition) is 3. The number of Topliss-reactive ketones (excluding diaryl/α,β-unsaturated/α-hetero) is 1. The van der Waals surface area contributed by atoms with E-state index >= 15 is 8.78 Å². The van der Waals surface area contributed by atoms with E-state index in [-0.39, 0.29) is 93.7 Å². The van der Waals surface area contributed by atoms with Gasteiger partial charge in [0.1, 0.15) is 26.4 Å². The number of nitrogens with zero attached hydrogens (tertiary/aromatic N) is 9. The number of nitrogen functional groups attached to an aromatic ring is 1. The molecule has 5 N–H and O–H groups in total. The van der Waals surface area contributed by atoms with Crippen molar-refractivity contribution in [3.63, 3.8) is 0 Å². The average molecular weight is 1300 g/mol. The van der Waals surface area contributed by atoms with Crippen molar-refractivity contribution in [2.75, 3.05) is 71.6 Å². The summed E-state index contributed by atoms with van der Waals surface area (Å²) >= 11 is 2.11. The highest BCUT2D eigenvalue weighted by atomic mass is 32.2. The van der Waals surface area contributed by atoms with Gasteiger partial charge in [-0.3, -0.25) is 19.4 Å². The minimum Gasteiger partial charge on any atom is -0.476 e. The smallest absolute Gasteiger partial charge is 0.426 e. The molecule has 6 heterocycles.